The zero-order valence-electron chi connectivity index (χ0n) is 21.4. The highest BCUT2D eigenvalue weighted by Crippen LogP contribution is 2.34. The average Bonchev–Trinajstić information content (AvgIpc) is 3.58. The number of ether oxygens (including phenoxy) is 1. The van der Waals surface area contributed by atoms with Crippen molar-refractivity contribution in [3.05, 3.63) is 49.1 Å². The van der Waals surface area contributed by atoms with Crippen LogP contribution < -0.4 is 15.0 Å². The summed E-state index contributed by atoms with van der Waals surface area (Å²) in [5.41, 5.74) is 6.53. The van der Waals surface area contributed by atoms with Crippen molar-refractivity contribution in [2.75, 3.05) is 51.2 Å². The van der Waals surface area contributed by atoms with Crippen LogP contribution in [0.15, 0.2) is 49.1 Å². The van der Waals surface area contributed by atoms with Crippen LogP contribution >= 0.6 is 0 Å². The van der Waals surface area contributed by atoms with Gasteiger partial charge in [-0.3, -0.25) is 10.1 Å². The molecule has 7 heterocycles. The molecule has 3 N–H and O–H groups in total. The van der Waals surface area contributed by atoms with Crippen molar-refractivity contribution in [3.8, 4) is 28.3 Å². The normalized spacial score (nSPS) is 17.4. The summed E-state index contributed by atoms with van der Waals surface area (Å²) in [5.74, 6) is 0.792. The molecule has 5 aromatic rings. The molecule has 10 heteroatoms. The molecule has 10 nitrogen and oxygen atoms in total. The Morgan fingerprint density at radius 2 is 1.76 bits per heavy atom. The number of fused-ring (bicyclic) bond motifs is 2. The molecule has 5 aromatic heterocycles. The Labute approximate surface area is 220 Å². The summed E-state index contributed by atoms with van der Waals surface area (Å²) in [4.78, 5) is 22.0. The molecule has 2 aliphatic heterocycles. The van der Waals surface area contributed by atoms with E-state index in [9.17, 15) is 0 Å². The van der Waals surface area contributed by atoms with Gasteiger partial charge in [-0.05, 0) is 57.2 Å². The molecule has 0 spiro atoms. The van der Waals surface area contributed by atoms with Crippen molar-refractivity contribution in [1.29, 1.82) is 0 Å². The molecule has 0 amide bonds. The first-order valence-electron chi connectivity index (χ1n) is 13.3. The molecular weight excluding hydrogens is 478 g/mol. The molecule has 2 aliphatic rings. The molecule has 0 atom stereocenters. The van der Waals surface area contributed by atoms with Gasteiger partial charge in [-0.15, -0.1) is 0 Å². The number of pyridine rings is 3. The lowest BCUT2D eigenvalue weighted by Crippen LogP contribution is -2.44. The maximum absolute atomic E-state index is 6.22. The Morgan fingerprint density at radius 3 is 2.63 bits per heavy atom. The maximum atomic E-state index is 6.22. The van der Waals surface area contributed by atoms with Crippen molar-refractivity contribution in [2.24, 2.45) is 0 Å². The summed E-state index contributed by atoms with van der Waals surface area (Å²) < 4.78 is 6.22. The summed E-state index contributed by atoms with van der Waals surface area (Å²) in [6.07, 6.45) is 9.60. The van der Waals surface area contributed by atoms with Crippen molar-refractivity contribution >= 4 is 27.8 Å². The van der Waals surface area contributed by atoms with Gasteiger partial charge in [0.15, 0.2) is 5.65 Å². The minimum Gasteiger partial charge on any atom is -0.489 e. The van der Waals surface area contributed by atoms with E-state index in [1.807, 2.05) is 24.7 Å². The quantitative estimate of drug-likeness (QED) is 0.330. The standard InChI is InChI=1S/C28H31N9O/c1-36-8-10-37(11-9-36)25-4-7-31-27-22(25)14-24(33-27)26-23-13-19(16-32-28(23)35-34-26)18-12-21(17-30-15-18)38-20-2-5-29-6-3-20/h4,7,12-17,20,29H,2-3,5-6,8-11H2,1H3,(H,31,33)(H,32,34,35). The van der Waals surface area contributed by atoms with Gasteiger partial charge < -0.3 is 24.8 Å². The van der Waals surface area contributed by atoms with Gasteiger partial charge in [-0.1, -0.05) is 0 Å². The third-order valence-electron chi connectivity index (χ3n) is 7.67. The lowest BCUT2D eigenvalue weighted by Gasteiger charge is -2.34. The number of hydrogen-bond acceptors (Lipinski definition) is 8. The van der Waals surface area contributed by atoms with Crippen LogP contribution in [0.3, 0.4) is 0 Å². The Kier molecular flexibility index (Phi) is 5.90. The Balaban J connectivity index is 1.22. The van der Waals surface area contributed by atoms with E-state index in [4.69, 9.17) is 4.74 Å². The van der Waals surface area contributed by atoms with Gasteiger partial charge in [0, 0.05) is 72.4 Å². The molecular formula is C28H31N9O. The van der Waals surface area contributed by atoms with Crippen LogP contribution in [0, 0.1) is 0 Å². The molecule has 0 bridgehead atoms. The average molecular weight is 510 g/mol. The second-order valence-electron chi connectivity index (χ2n) is 10.2. The molecule has 7 rings (SSSR count). The largest absolute Gasteiger partial charge is 0.489 e. The van der Waals surface area contributed by atoms with Crippen LogP contribution in [0.5, 0.6) is 5.75 Å². The number of hydrogen-bond donors (Lipinski definition) is 3. The number of nitrogens with zero attached hydrogens (tertiary/aromatic N) is 6. The first-order valence-corrected chi connectivity index (χ1v) is 13.3. The molecule has 0 saturated carbocycles. The van der Waals surface area contributed by atoms with Crippen molar-refractivity contribution < 1.29 is 4.74 Å². The van der Waals surface area contributed by atoms with E-state index < -0.39 is 0 Å². The number of aromatic amines is 2. The van der Waals surface area contributed by atoms with Crippen LogP contribution in [-0.4, -0.2) is 87.5 Å². The van der Waals surface area contributed by atoms with Crippen LogP contribution in [0.4, 0.5) is 5.69 Å². The predicted octanol–water partition coefficient (Wildman–Crippen LogP) is 3.45. The van der Waals surface area contributed by atoms with Crippen LogP contribution in [-0.2, 0) is 0 Å². The molecule has 0 aliphatic carbocycles. The van der Waals surface area contributed by atoms with Crippen LogP contribution in [0.25, 0.3) is 44.6 Å². The van der Waals surface area contributed by atoms with Crippen molar-refractivity contribution in [2.45, 2.75) is 18.9 Å². The molecule has 0 radical (unpaired) electrons. The molecule has 38 heavy (non-hydrogen) atoms. The number of aromatic nitrogens is 6. The number of nitrogens with one attached hydrogen (secondary N) is 3. The Morgan fingerprint density at radius 1 is 0.921 bits per heavy atom. The molecule has 0 aromatic carbocycles. The highest BCUT2D eigenvalue weighted by Gasteiger charge is 2.20. The van der Waals surface area contributed by atoms with Gasteiger partial charge in [0.2, 0.25) is 0 Å². The third-order valence-corrected chi connectivity index (χ3v) is 7.67. The summed E-state index contributed by atoms with van der Waals surface area (Å²) in [5, 5.41) is 13.1. The zero-order chi connectivity index (χ0) is 25.5. The van der Waals surface area contributed by atoms with E-state index >= 15 is 0 Å². The second kappa shape index (κ2) is 9.70. The number of likely N-dealkylation sites (N-methyl/N-ethyl adjacent to an activating group) is 1. The fourth-order valence-corrected chi connectivity index (χ4v) is 5.48. The van der Waals surface area contributed by atoms with Gasteiger partial charge in [-0.2, -0.15) is 5.10 Å². The van der Waals surface area contributed by atoms with Crippen molar-refractivity contribution in [1.82, 2.24) is 40.3 Å². The summed E-state index contributed by atoms with van der Waals surface area (Å²) >= 11 is 0. The number of piperidine rings is 1. The number of rotatable bonds is 5. The van der Waals surface area contributed by atoms with E-state index in [0.29, 0.717) is 5.65 Å². The SMILES string of the molecule is CN1CCN(c2ccnc3[nH]c(-c4[nH]nc5ncc(-c6cncc(OC7CCNCC7)c6)cc45)cc23)CC1. The molecule has 2 saturated heterocycles. The zero-order valence-corrected chi connectivity index (χ0v) is 21.4. The van der Waals surface area contributed by atoms with Crippen molar-refractivity contribution in [3.63, 3.8) is 0 Å². The van der Waals surface area contributed by atoms with E-state index in [0.717, 1.165) is 96.8 Å². The molecule has 0 unspecified atom stereocenters. The van der Waals surface area contributed by atoms with Gasteiger partial charge in [0.25, 0.3) is 0 Å². The fraction of sp³-hybridized carbons (Fsp3) is 0.357. The highest BCUT2D eigenvalue weighted by atomic mass is 16.5. The van der Waals surface area contributed by atoms with E-state index in [2.05, 4.69) is 70.5 Å². The molecule has 2 fully saturated rings. The summed E-state index contributed by atoms with van der Waals surface area (Å²) in [6, 6.07) is 8.45. The fourth-order valence-electron chi connectivity index (χ4n) is 5.48. The van der Waals surface area contributed by atoms with Gasteiger partial charge in [0.1, 0.15) is 17.5 Å². The smallest absolute Gasteiger partial charge is 0.181 e. The van der Waals surface area contributed by atoms with Crippen LogP contribution in [0.1, 0.15) is 12.8 Å². The Bertz CT molecular complexity index is 1580. The van der Waals surface area contributed by atoms with Crippen LogP contribution in [0.2, 0.25) is 0 Å². The summed E-state index contributed by atoms with van der Waals surface area (Å²) in [7, 11) is 2.17. The van der Waals surface area contributed by atoms with Gasteiger partial charge in [-0.25, -0.2) is 9.97 Å². The topological polar surface area (TPSA) is 111 Å². The number of anilines is 1. The van der Waals surface area contributed by atoms with Gasteiger partial charge >= 0.3 is 0 Å². The van der Waals surface area contributed by atoms with Gasteiger partial charge in [0.05, 0.1) is 17.6 Å². The number of piperazine rings is 1. The molecule has 194 valence electrons. The second-order valence-corrected chi connectivity index (χ2v) is 10.2. The van der Waals surface area contributed by atoms with E-state index in [1.54, 1.807) is 6.20 Å². The monoisotopic (exact) mass is 509 g/mol. The number of H-pyrrole nitrogens is 2. The van der Waals surface area contributed by atoms with E-state index in [1.165, 1.54) is 5.69 Å². The third kappa shape index (κ3) is 4.35. The predicted molar refractivity (Wildman–Crippen MR) is 148 cm³/mol. The minimum absolute atomic E-state index is 0.223. The summed E-state index contributed by atoms with van der Waals surface area (Å²) in [6.45, 7) is 6.10. The first-order chi connectivity index (χ1) is 18.7. The maximum Gasteiger partial charge on any atom is 0.181 e. The lowest BCUT2D eigenvalue weighted by molar-refractivity contribution is 0.162. The van der Waals surface area contributed by atoms with E-state index in [-0.39, 0.29) is 6.10 Å². The Hall–Kier alpha value is -4.02. The highest BCUT2D eigenvalue weighted by molar-refractivity contribution is 5.98. The first kappa shape index (κ1) is 23.1. The minimum atomic E-state index is 0.223. The lowest BCUT2D eigenvalue weighted by atomic mass is 10.1.